The Morgan fingerprint density at radius 2 is 2.43 bits per heavy atom. The van der Waals surface area contributed by atoms with Crippen LogP contribution in [0.25, 0.3) is 0 Å². The van der Waals surface area contributed by atoms with Crippen LogP contribution in [0.4, 0.5) is 0 Å². The maximum absolute atomic E-state index is 4.41. The van der Waals surface area contributed by atoms with Gasteiger partial charge in [0.1, 0.15) is 5.01 Å². The summed E-state index contributed by atoms with van der Waals surface area (Å²) >= 11 is 3.71. The van der Waals surface area contributed by atoms with Crippen molar-refractivity contribution in [2.24, 2.45) is 0 Å². The predicted octanol–water partition coefficient (Wildman–Crippen LogP) is 2.68. The number of nitrogens with one attached hydrogen (secondary N) is 1. The van der Waals surface area contributed by atoms with Gasteiger partial charge in [-0.25, -0.2) is 4.98 Å². The summed E-state index contributed by atoms with van der Waals surface area (Å²) in [7, 11) is 0. The van der Waals surface area contributed by atoms with E-state index in [-0.39, 0.29) is 0 Å². The lowest BCUT2D eigenvalue weighted by atomic mass is 10.4. The Morgan fingerprint density at radius 3 is 3.00 bits per heavy atom. The Kier molecular flexibility index (Phi) is 5.52. The van der Waals surface area contributed by atoms with E-state index >= 15 is 0 Å². The van der Waals surface area contributed by atoms with Gasteiger partial charge in [-0.2, -0.15) is 11.8 Å². The molecule has 1 rings (SSSR count). The van der Waals surface area contributed by atoms with Gasteiger partial charge in [0.2, 0.25) is 0 Å². The van der Waals surface area contributed by atoms with E-state index in [4.69, 9.17) is 0 Å². The van der Waals surface area contributed by atoms with E-state index in [0.29, 0.717) is 6.04 Å². The molecule has 0 spiro atoms. The normalized spacial score (nSPS) is 13.1. The molecule has 0 aliphatic rings. The van der Waals surface area contributed by atoms with Crippen molar-refractivity contribution >= 4 is 23.1 Å². The minimum Gasteiger partial charge on any atom is -0.307 e. The lowest BCUT2D eigenvalue weighted by Crippen LogP contribution is -2.27. The average molecular weight is 230 g/mol. The highest BCUT2D eigenvalue weighted by Gasteiger charge is 2.02. The van der Waals surface area contributed by atoms with Gasteiger partial charge in [-0.1, -0.05) is 6.92 Å². The number of aryl methyl sites for hydroxylation is 1. The van der Waals surface area contributed by atoms with Gasteiger partial charge in [-0.3, -0.25) is 0 Å². The molecule has 2 nitrogen and oxygen atoms in total. The Labute approximate surface area is 94.5 Å². The smallest absolute Gasteiger partial charge is 0.107 e. The second kappa shape index (κ2) is 6.43. The number of hydrogen-bond acceptors (Lipinski definition) is 4. The van der Waals surface area contributed by atoms with Gasteiger partial charge >= 0.3 is 0 Å². The van der Waals surface area contributed by atoms with E-state index in [1.165, 1.54) is 16.5 Å². The van der Waals surface area contributed by atoms with Crippen LogP contribution in [0, 0.1) is 6.92 Å². The molecular weight excluding hydrogens is 212 g/mol. The Morgan fingerprint density at radius 1 is 1.64 bits per heavy atom. The summed E-state index contributed by atoms with van der Waals surface area (Å²) in [6, 6.07) is 0.573. The van der Waals surface area contributed by atoms with Gasteiger partial charge < -0.3 is 5.32 Å². The Hall–Kier alpha value is -0.0600. The third-order valence-corrected chi connectivity index (χ3v) is 3.95. The van der Waals surface area contributed by atoms with Gasteiger partial charge in [-0.05, 0) is 19.6 Å². The summed E-state index contributed by atoms with van der Waals surface area (Å²) < 4.78 is 0. The molecule has 1 aromatic heterocycles. The van der Waals surface area contributed by atoms with E-state index in [0.717, 1.165) is 12.2 Å². The number of aromatic nitrogens is 1. The van der Waals surface area contributed by atoms with E-state index in [2.05, 4.69) is 29.5 Å². The second-order valence-electron chi connectivity index (χ2n) is 3.32. The molecule has 1 N–H and O–H groups in total. The van der Waals surface area contributed by atoms with Gasteiger partial charge in [0, 0.05) is 29.4 Å². The first-order valence-corrected chi connectivity index (χ1v) is 6.98. The number of hydrogen-bond donors (Lipinski definition) is 1. The van der Waals surface area contributed by atoms with Crippen molar-refractivity contribution in [2.45, 2.75) is 33.4 Å². The molecule has 0 bridgehead atoms. The fourth-order valence-electron chi connectivity index (χ4n) is 1.10. The number of nitrogens with zero attached hydrogens (tertiary/aromatic N) is 1. The van der Waals surface area contributed by atoms with Crippen LogP contribution >= 0.6 is 23.1 Å². The van der Waals surface area contributed by atoms with Crippen molar-refractivity contribution in [3.63, 3.8) is 0 Å². The molecule has 0 saturated heterocycles. The van der Waals surface area contributed by atoms with Crippen molar-refractivity contribution in [3.8, 4) is 0 Å². The Balaban J connectivity index is 2.20. The quantitative estimate of drug-likeness (QED) is 0.813. The van der Waals surface area contributed by atoms with Crippen LogP contribution in [0.3, 0.4) is 0 Å². The van der Waals surface area contributed by atoms with E-state index in [1.54, 1.807) is 11.3 Å². The zero-order valence-electron chi connectivity index (χ0n) is 9.04. The van der Waals surface area contributed by atoms with Crippen molar-refractivity contribution in [3.05, 3.63) is 16.1 Å². The number of thioether (sulfide) groups is 1. The molecule has 4 heteroatoms. The van der Waals surface area contributed by atoms with Crippen LogP contribution in [-0.4, -0.2) is 22.5 Å². The van der Waals surface area contributed by atoms with Crippen LogP contribution in [0.1, 0.15) is 24.5 Å². The third kappa shape index (κ3) is 4.44. The molecule has 14 heavy (non-hydrogen) atoms. The van der Waals surface area contributed by atoms with Crippen molar-refractivity contribution in [1.82, 2.24) is 10.3 Å². The Bertz CT molecular complexity index is 260. The van der Waals surface area contributed by atoms with Crippen LogP contribution in [0.2, 0.25) is 0 Å². The largest absolute Gasteiger partial charge is 0.307 e. The maximum atomic E-state index is 4.41. The predicted molar refractivity (Wildman–Crippen MR) is 66.2 cm³/mol. The highest BCUT2D eigenvalue weighted by Crippen LogP contribution is 2.09. The molecule has 0 aliphatic carbocycles. The fourth-order valence-corrected chi connectivity index (χ4v) is 2.53. The highest BCUT2D eigenvalue weighted by atomic mass is 32.2. The molecule has 0 amide bonds. The molecule has 0 saturated carbocycles. The maximum Gasteiger partial charge on any atom is 0.107 e. The van der Waals surface area contributed by atoms with Crippen molar-refractivity contribution in [1.29, 1.82) is 0 Å². The summed E-state index contributed by atoms with van der Waals surface area (Å²) in [5, 5.41) is 6.76. The van der Waals surface area contributed by atoms with Crippen LogP contribution in [0.15, 0.2) is 5.38 Å². The van der Waals surface area contributed by atoms with E-state index < -0.39 is 0 Å². The number of thiazole rings is 1. The lowest BCUT2D eigenvalue weighted by Gasteiger charge is -2.11. The van der Waals surface area contributed by atoms with E-state index in [1.807, 2.05) is 18.7 Å². The summed E-state index contributed by atoms with van der Waals surface area (Å²) in [5.74, 6) is 2.38. The van der Waals surface area contributed by atoms with Gasteiger partial charge in [0.15, 0.2) is 0 Å². The fraction of sp³-hybridized carbons (Fsp3) is 0.700. The second-order valence-corrected chi connectivity index (χ2v) is 5.59. The zero-order valence-corrected chi connectivity index (χ0v) is 10.7. The molecule has 0 aromatic carbocycles. The molecule has 1 atom stereocenters. The molecule has 0 aliphatic heterocycles. The van der Waals surface area contributed by atoms with Gasteiger partial charge in [-0.15, -0.1) is 11.3 Å². The molecule has 0 radical (unpaired) electrons. The third-order valence-electron chi connectivity index (χ3n) is 1.84. The SMILES string of the molecule is CCSCC(C)NCc1nc(C)cs1. The van der Waals surface area contributed by atoms with Crippen LogP contribution in [0.5, 0.6) is 0 Å². The first kappa shape index (κ1) is 12.0. The van der Waals surface area contributed by atoms with Crippen molar-refractivity contribution < 1.29 is 0 Å². The lowest BCUT2D eigenvalue weighted by molar-refractivity contribution is 0.594. The molecule has 0 fully saturated rings. The van der Waals surface area contributed by atoms with Crippen molar-refractivity contribution in [2.75, 3.05) is 11.5 Å². The average Bonchev–Trinajstić information content (AvgIpc) is 2.58. The minimum atomic E-state index is 0.573. The van der Waals surface area contributed by atoms with Crippen LogP contribution < -0.4 is 5.32 Å². The number of rotatable bonds is 6. The summed E-state index contributed by atoms with van der Waals surface area (Å²) in [5.41, 5.74) is 1.13. The first-order chi connectivity index (χ1) is 6.72. The molecule has 1 aromatic rings. The van der Waals surface area contributed by atoms with Crippen LogP contribution in [-0.2, 0) is 6.54 Å². The highest BCUT2D eigenvalue weighted by molar-refractivity contribution is 7.99. The summed E-state index contributed by atoms with van der Waals surface area (Å²) in [6.45, 7) is 7.37. The molecule has 1 unspecified atom stereocenters. The zero-order chi connectivity index (χ0) is 10.4. The van der Waals surface area contributed by atoms with Gasteiger partial charge in [0.05, 0.1) is 0 Å². The standard InChI is InChI=1S/C10H18N2S2/c1-4-13-6-8(2)11-5-10-12-9(3)7-14-10/h7-8,11H,4-6H2,1-3H3. The van der Waals surface area contributed by atoms with Gasteiger partial charge in [0.25, 0.3) is 0 Å². The molecular formula is C10H18N2S2. The minimum absolute atomic E-state index is 0.573. The monoisotopic (exact) mass is 230 g/mol. The summed E-state index contributed by atoms with van der Waals surface area (Å²) in [4.78, 5) is 4.41. The molecule has 1 heterocycles. The molecule has 80 valence electrons. The first-order valence-electron chi connectivity index (χ1n) is 4.94. The summed E-state index contributed by atoms with van der Waals surface area (Å²) in [6.07, 6.45) is 0. The van der Waals surface area contributed by atoms with E-state index in [9.17, 15) is 0 Å². The topological polar surface area (TPSA) is 24.9 Å².